The lowest BCUT2D eigenvalue weighted by molar-refractivity contribution is 0.00559. The molecule has 1 aliphatic heterocycles. The summed E-state index contributed by atoms with van der Waals surface area (Å²) in [5, 5.41) is 14.8. The molecule has 0 unspecified atom stereocenters. The van der Waals surface area contributed by atoms with Crippen LogP contribution in [0.4, 0.5) is 19.3 Å². The van der Waals surface area contributed by atoms with Gasteiger partial charge < -0.3 is 9.84 Å². The van der Waals surface area contributed by atoms with Crippen LogP contribution in [0.5, 0.6) is 0 Å². The second kappa shape index (κ2) is 5.88. The Kier molecular flexibility index (Phi) is 3.89. The fourth-order valence-electron chi connectivity index (χ4n) is 2.50. The number of nitrogens with zero attached hydrogens (tertiary/aromatic N) is 4. The number of rotatable bonds is 3. The average molecular weight is 333 g/mol. The Morgan fingerprint density at radius 3 is 3.00 bits per heavy atom. The van der Waals surface area contributed by atoms with Gasteiger partial charge >= 0.3 is 12.0 Å². The van der Waals surface area contributed by atoms with Gasteiger partial charge in [-0.3, -0.25) is 4.90 Å². The SMILES string of the molecule is CC(F)(F)c1noc(CNC(=O)N2CCc3c(C#N)cccc32)n1. The van der Waals surface area contributed by atoms with Crippen LogP contribution < -0.4 is 10.2 Å². The van der Waals surface area contributed by atoms with Gasteiger partial charge in [0, 0.05) is 19.2 Å². The number of fused-ring (bicyclic) bond motifs is 1. The number of carbonyl (C=O) groups is 1. The summed E-state index contributed by atoms with van der Waals surface area (Å²) in [5.41, 5.74) is 2.02. The zero-order valence-electron chi connectivity index (χ0n) is 12.7. The number of alkyl halides is 2. The van der Waals surface area contributed by atoms with Crippen molar-refractivity contribution in [1.82, 2.24) is 15.5 Å². The Morgan fingerprint density at radius 1 is 1.54 bits per heavy atom. The van der Waals surface area contributed by atoms with Crippen LogP contribution in [0.1, 0.15) is 29.8 Å². The first-order valence-electron chi connectivity index (χ1n) is 7.18. The van der Waals surface area contributed by atoms with Crippen molar-refractivity contribution in [2.24, 2.45) is 0 Å². The van der Waals surface area contributed by atoms with Crippen molar-refractivity contribution in [2.75, 3.05) is 11.4 Å². The van der Waals surface area contributed by atoms with Crippen molar-refractivity contribution < 1.29 is 18.1 Å². The van der Waals surface area contributed by atoms with Crippen molar-refractivity contribution in [3.05, 3.63) is 41.0 Å². The summed E-state index contributed by atoms with van der Waals surface area (Å²) in [6, 6.07) is 6.83. The molecule has 24 heavy (non-hydrogen) atoms. The normalized spacial score (nSPS) is 13.5. The molecule has 0 bridgehead atoms. The molecule has 0 fully saturated rings. The first-order valence-corrected chi connectivity index (χ1v) is 7.18. The first kappa shape index (κ1) is 15.9. The molecule has 0 atom stereocenters. The van der Waals surface area contributed by atoms with Gasteiger partial charge in [0.15, 0.2) is 0 Å². The van der Waals surface area contributed by atoms with Crippen LogP contribution in [0, 0.1) is 11.3 Å². The summed E-state index contributed by atoms with van der Waals surface area (Å²) in [4.78, 5) is 17.3. The summed E-state index contributed by atoms with van der Waals surface area (Å²) in [6.07, 6.45) is 0.583. The zero-order chi connectivity index (χ0) is 17.3. The topological polar surface area (TPSA) is 95.0 Å². The minimum absolute atomic E-state index is 0.106. The number of carbonyl (C=O) groups excluding carboxylic acids is 1. The van der Waals surface area contributed by atoms with Gasteiger partial charge in [-0.1, -0.05) is 11.2 Å². The Labute approximate surface area is 135 Å². The molecular weight excluding hydrogens is 320 g/mol. The molecule has 1 aromatic carbocycles. The maximum atomic E-state index is 13.0. The number of urea groups is 1. The van der Waals surface area contributed by atoms with Gasteiger partial charge in [0.05, 0.1) is 18.2 Å². The van der Waals surface area contributed by atoms with E-state index >= 15 is 0 Å². The van der Waals surface area contributed by atoms with Gasteiger partial charge in [0.25, 0.3) is 0 Å². The van der Waals surface area contributed by atoms with Crippen LogP contribution >= 0.6 is 0 Å². The van der Waals surface area contributed by atoms with Crippen LogP contribution in [0.2, 0.25) is 0 Å². The van der Waals surface area contributed by atoms with E-state index in [0.29, 0.717) is 31.1 Å². The molecular formula is C15H13F2N5O2. The molecule has 1 N–H and O–H groups in total. The summed E-state index contributed by atoms with van der Waals surface area (Å²) in [7, 11) is 0. The second-order valence-corrected chi connectivity index (χ2v) is 5.38. The Bertz CT molecular complexity index is 822. The molecule has 0 saturated heterocycles. The van der Waals surface area contributed by atoms with E-state index in [2.05, 4.69) is 21.5 Å². The zero-order valence-corrected chi connectivity index (χ0v) is 12.7. The quantitative estimate of drug-likeness (QED) is 0.930. The highest BCUT2D eigenvalue weighted by Gasteiger charge is 2.31. The Hall–Kier alpha value is -3.02. The summed E-state index contributed by atoms with van der Waals surface area (Å²) in [5.74, 6) is -4.03. The number of hydrogen-bond acceptors (Lipinski definition) is 5. The maximum absolute atomic E-state index is 13.0. The van der Waals surface area contributed by atoms with E-state index in [4.69, 9.17) is 9.78 Å². The van der Waals surface area contributed by atoms with E-state index in [1.807, 2.05) is 0 Å². The molecule has 0 aliphatic carbocycles. The molecule has 1 aliphatic rings. The molecule has 2 heterocycles. The van der Waals surface area contributed by atoms with Gasteiger partial charge in [0.2, 0.25) is 11.7 Å². The number of aromatic nitrogens is 2. The van der Waals surface area contributed by atoms with Gasteiger partial charge in [-0.15, -0.1) is 0 Å². The molecule has 2 aromatic rings. The monoisotopic (exact) mass is 333 g/mol. The maximum Gasteiger partial charge on any atom is 0.322 e. The molecule has 124 valence electrons. The van der Waals surface area contributed by atoms with Crippen LogP contribution in [0.25, 0.3) is 0 Å². The smallest absolute Gasteiger partial charge is 0.322 e. The molecule has 0 saturated carbocycles. The Balaban J connectivity index is 1.68. The Morgan fingerprint density at radius 2 is 2.33 bits per heavy atom. The minimum Gasteiger partial charge on any atom is -0.337 e. The molecule has 1 aromatic heterocycles. The van der Waals surface area contributed by atoms with Gasteiger partial charge in [-0.2, -0.15) is 19.0 Å². The van der Waals surface area contributed by atoms with Gasteiger partial charge in [-0.05, 0) is 24.1 Å². The fraction of sp³-hybridized carbons (Fsp3) is 0.333. The largest absolute Gasteiger partial charge is 0.337 e. The number of hydrogen-bond donors (Lipinski definition) is 1. The lowest BCUT2D eigenvalue weighted by Gasteiger charge is -2.17. The minimum atomic E-state index is -3.20. The highest BCUT2D eigenvalue weighted by molar-refractivity contribution is 5.94. The van der Waals surface area contributed by atoms with E-state index in [1.165, 1.54) is 4.90 Å². The summed E-state index contributed by atoms with van der Waals surface area (Å²) < 4.78 is 30.8. The number of nitriles is 1. The third kappa shape index (κ3) is 2.90. The average Bonchev–Trinajstić information content (AvgIpc) is 3.18. The number of halogens is 2. The van der Waals surface area contributed by atoms with Crippen molar-refractivity contribution >= 4 is 11.7 Å². The predicted molar refractivity (Wildman–Crippen MR) is 78.3 cm³/mol. The summed E-state index contributed by atoms with van der Waals surface area (Å²) in [6.45, 7) is 0.932. The number of nitrogens with one attached hydrogen (secondary N) is 1. The third-order valence-corrected chi connectivity index (χ3v) is 3.64. The van der Waals surface area contributed by atoms with E-state index in [1.54, 1.807) is 18.2 Å². The van der Waals surface area contributed by atoms with E-state index in [9.17, 15) is 13.6 Å². The summed E-state index contributed by atoms with van der Waals surface area (Å²) >= 11 is 0. The van der Waals surface area contributed by atoms with Crippen molar-refractivity contribution in [2.45, 2.75) is 25.8 Å². The molecule has 7 nitrogen and oxygen atoms in total. The van der Waals surface area contributed by atoms with Gasteiger partial charge in [0.1, 0.15) is 0 Å². The van der Waals surface area contributed by atoms with Crippen LogP contribution in [-0.4, -0.2) is 22.7 Å². The van der Waals surface area contributed by atoms with E-state index in [-0.39, 0.29) is 12.4 Å². The highest BCUT2D eigenvalue weighted by atomic mass is 19.3. The standard InChI is InChI=1S/C15H13F2N5O2/c1-15(16,17)13-20-12(24-21-13)8-19-14(23)22-6-5-10-9(7-18)3-2-4-11(10)22/h2-4H,5-6,8H2,1H3,(H,19,23). The van der Waals surface area contributed by atoms with Crippen molar-refractivity contribution in [3.8, 4) is 6.07 Å². The molecule has 2 amide bonds. The number of benzene rings is 1. The molecule has 9 heteroatoms. The molecule has 3 rings (SSSR count). The van der Waals surface area contributed by atoms with Crippen LogP contribution in [0.3, 0.4) is 0 Å². The van der Waals surface area contributed by atoms with Crippen molar-refractivity contribution in [3.63, 3.8) is 0 Å². The van der Waals surface area contributed by atoms with Crippen LogP contribution in [-0.2, 0) is 18.9 Å². The number of anilines is 1. The fourth-order valence-corrected chi connectivity index (χ4v) is 2.50. The van der Waals surface area contributed by atoms with E-state index in [0.717, 1.165) is 5.56 Å². The van der Waals surface area contributed by atoms with Gasteiger partial charge in [-0.25, -0.2) is 4.79 Å². The van der Waals surface area contributed by atoms with E-state index < -0.39 is 17.8 Å². The lowest BCUT2D eigenvalue weighted by Crippen LogP contribution is -2.38. The highest BCUT2D eigenvalue weighted by Crippen LogP contribution is 2.30. The number of amides is 2. The lowest BCUT2D eigenvalue weighted by atomic mass is 10.1. The molecule has 0 spiro atoms. The predicted octanol–water partition coefficient (Wildman–Crippen LogP) is 2.33. The third-order valence-electron chi connectivity index (χ3n) is 3.64. The first-order chi connectivity index (χ1) is 11.4. The van der Waals surface area contributed by atoms with Crippen LogP contribution in [0.15, 0.2) is 22.7 Å². The van der Waals surface area contributed by atoms with Crippen molar-refractivity contribution in [1.29, 1.82) is 5.26 Å². The molecule has 0 radical (unpaired) electrons. The second-order valence-electron chi connectivity index (χ2n) is 5.38.